The van der Waals surface area contributed by atoms with Gasteiger partial charge in [-0.25, -0.2) is 0 Å². The molecular weight excluding hydrogens is 250 g/mol. The zero-order valence-corrected chi connectivity index (χ0v) is 14.0. The number of hydrogen-bond donors (Lipinski definition) is 1. The van der Waals surface area contributed by atoms with Crippen molar-refractivity contribution in [1.29, 1.82) is 0 Å². The lowest BCUT2D eigenvalue weighted by Crippen LogP contribution is -2.35. The summed E-state index contributed by atoms with van der Waals surface area (Å²) in [7, 11) is 1.72. The minimum atomic E-state index is 0.604. The average molecular weight is 285 g/mol. The van der Waals surface area contributed by atoms with Crippen molar-refractivity contribution in [3.05, 3.63) is 0 Å². The van der Waals surface area contributed by atoms with Crippen LogP contribution in [0.3, 0.4) is 0 Å². The van der Waals surface area contributed by atoms with Gasteiger partial charge in [-0.1, -0.05) is 27.2 Å². The van der Waals surface area contributed by atoms with Gasteiger partial charge in [-0.2, -0.15) is 0 Å². The first kappa shape index (κ1) is 17.9. The predicted octanol–water partition coefficient (Wildman–Crippen LogP) is 3.48. The van der Waals surface area contributed by atoms with Gasteiger partial charge in [0.2, 0.25) is 0 Å². The first-order chi connectivity index (χ1) is 9.63. The number of methoxy groups -OCH3 is 1. The van der Waals surface area contributed by atoms with Crippen molar-refractivity contribution in [1.82, 2.24) is 5.32 Å². The van der Waals surface area contributed by atoms with Crippen LogP contribution in [-0.4, -0.2) is 39.5 Å². The van der Waals surface area contributed by atoms with Crippen LogP contribution >= 0.6 is 0 Å². The average Bonchev–Trinajstić information content (AvgIpc) is 2.41. The van der Waals surface area contributed by atoms with Crippen LogP contribution in [0.15, 0.2) is 0 Å². The van der Waals surface area contributed by atoms with Gasteiger partial charge < -0.3 is 14.8 Å². The van der Waals surface area contributed by atoms with E-state index in [2.05, 4.69) is 26.1 Å². The van der Waals surface area contributed by atoms with Crippen LogP contribution in [0, 0.1) is 17.8 Å². The molecule has 0 saturated heterocycles. The Kier molecular flexibility index (Phi) is 9.49. The number of nitrogens with one attached hydrogen (secondary N) is 1. The van der Waals surface area contributed by atoms with Gasteiger partial charge in [0.25, 0.3) is 0 Å². The Hall–Kier alpha value is -0.120. The molecule has 120 valence electrons. The first-order valence-electron chi connectivity index (χ1n) is 8.43. The molecule has 0 amide bonds. The van der Waals surface area contributed by atoms with E-state index in [0.29, 0.717) is 12.6 Å². The molecule has 3 unspecified atom stereocenters. The smallest absolute Gasteiger partial charge is 0.0700 e. The molecule has 0 heterocycles. The molecule has 1 aliphatic carbocycles. The van der Waals surface area contributed by atoms with E-state index in [1.165, 1.54) is 38.6 Å². The Bertz CT molecular complexity index is 233. The zero-order chi connectivity index (χ0) is 14.8. The Morgan fingerprint density at radius 3 is 2.60 bits per heavy atom. The standard InChI is InChI=1S/C17H35NO2/c1-14(2)18-13-17-8-7-15(3)12-16(17)6-5-9-20-11-10-19-4/h14-18H,5-13H2,1-4H3. The molecule has 3 atom stereocenters. The highest BCUT2D eigenvalue weighted by Crippen LogP contribution is 2.36. The van der Waals surface area contributed by atoms with Crippen LogP contribution in [-0.2, 0) is 9.47 Å². The highest BCUT2D eigenvalue weighted by molar-refractivity contribution is 4.80. The van der Waals surface area contributed by atoms with Crippen molar-refractivity contribution in [3.63, 3.8) is 0 Å². The summed E-state index contributed by atoms with van der Waals surface area (Å²) in [5.74, 6) is 2.66. The normalized spacial score (nSPS) is 27.1. The van der Waals surface area contributed by atoms with Crippen molar-refractivity contribution in [2.45, 2.75) is 58.9 Å². The Labute approximate surface area is 125 Å². The van der Waals surface area contributed by atoms with Crippen molar-refractivity contribution >= 4 is 0 Å². The van der Waals surface area contributed by atoms with E-state index < -0.39 is 0 Å². The molecule has 1 fully saturated rings. The molecule has 1 rings (SSSR count). The third-order valence-electron chi connectivity index (χ3n) is 4.49. The molecular formula is C17H35NO2. The number of hydrogen-bond acceptors (Lipinski definition) is 3. The highest BCUT2D eigenvalue weighted by Gasteiger charge is 2.27. The minimum Gasteiger partial charge on any atom is -0.382 e. The quantitative estimate of drug-likeness (QED) is 0.623. The first-order valence-corrected chi connectivity index (χ1v) is 8.43. The molecule has 0 aromatic carbocycles. The molecule has 0 aromatic heterocycles. The molecule has 1 saturated carbocycles. The molecule has 0 bridgehead atoms. The van der Waals surface area contributed by atoms with Gasteiger partial charge in [0.05, 0.1) is 13.2 Å². The second-order valence-electron chi connectivity index (χ2n) is 6.75. The monoisotopic (exact) mass is 285 g/mol. The summed E-state index contributed by atoms with van der Waals surface area (Å²) in [5.41, 5.74) is 0. The molecule has 1 N–H and O–H groups in total. The lowest BCUT2D eigenvalue weighted by Gasteiger charge is -2.35. The minimum absolute atomic E-state index is 0.604. The van der Waals surface area contributed by atoms with E-state index in [9.17, 15) is 0 Å². The van der Waals surface area contributed by atoms with Gasteiger partial charge in [-0.3, -0.25) is 0 Å². The Morgan fingerprint density at radius 1 is 1.10 bits per heavy atom. The lowest BCUT2D eigenvalue weighted by molar-refractivity contribution is 0.0631. The van der Waals surface area contributed by atoms with Crippen molar-refractivity contribution in [2.75, 3.05) is 33.5 Å². The zero-order valence-electron chi connectivity index (χ0n) is 14.0. The number of rotatable bonds is 10. The summed E-state index contributed by atoms with van der Waals surface area (Å²) in [4.78, 5) is 0. The van der Waals surface area contributed by atoms with Gasteiger partial charge in [0.15, 0.2) is 0 Å². The highest BCUT2D eigenvalue weighted by atomic mass is 16.5. The van der Waals surface area contributed by atoms with Crippen LogP contribution in [0.2, 0.25) is 0 Å². The summed E-state index contributed by atoms with van der Waals surface area (Å²) in [5, 5.41) is 3.63. The maximum absolute atomic E-state index is 5.58. The fourth-order valence-corrected chi connectivity index (χ4v) is 3.26. The molecule has 0 aromatic rings. The van der Waals surface area contributed by atoms with Crippen molar-refractivity contribution < 1.29 is 9.47 Å². The second kappa shape index (κ2) is 10.6. The third-order valence-corrected chi connectivity index (χ3v) is 4.49. The summed E-state index contributed by atoms with van der Waals surface area (Å²) in [6.45, 7) is 10.4. The van der Waals surface area contributed by atoms with Gasteiger partial charge in [0.1, 0.15) is 0 Å². The fraction of sp³-hybridized carbons (Fsp3) is 1.00. The summed E-state index contributed by atoms with van der Waals surface area (Å²) in [6.07, 6.45) is 6.73. The topological polar surface area (TPSA) is 30.5 Å². The maximum Gasteiger partial charge on any atom is 0.0700 e. The van der Waals surface area contributed by atoms with Gasteiger partial charge in [-0.15, -0.1) is 0 Å². The van der Waals surface area contributed by atoms with Crippen LogP contribution < -0.4 is 5.32 Å². The number of ether oxygens (including phenoxy) is 2. The molecule has 0 spiro atoms. The van der Waals surface area contributed by atoms with Crippen LogP contribution in [0.1, 0.15) is 52.9 Å². The Morgan fingerprint density at radius 2 is 1.90 bits per heavy atom. The van der Waals surface area contributed by atoms with Crippen molar-refractivity contribution in [2.24, 2.45) is 17.8 Å². The SMILES string of the molecule is COCCOCCCC1CC(C)CCC1CNC(C)C. The fourth-order valence-electron chi connectivity index (χ4n) is 3.26. The van der Waals surface area contributed by atoms with E-state index >= 15 is 0 Å². The van der Waals surface area contributed by atoms with E-state index in [-0.39, 0.29) is 0 Å². The summed E-state index contributed by atoms with van der Waals surface area (Å²) in [6, 6.07) is 0.604. The molecule has 0 radical (unpaired) electrons. The van der Waals surface area contributed by atoms with E-state index in [1.807, 2.05) is 0 Å². The summed E-state index contributed by atoms with van der Waals surface area (Å²) < 4.78 is 10.6. The molecule has 20 heavy (non-hydrogen) atoms. The van der Waals surface area contributed by atoms with E-state index in [1.54, 1.807) is 7.11 Å². The third kappa shape index (κ3) is 7.61. The van der Waals surface area contributed by atoms with Gasteiger partial charge in [0, 0.05) is 19.8 Å². The van der Waals surface area contributed by atoms with E-state index in [0.717, 1.165) is 31.0 Å². The molecule has 3 heteroatoms. The maximum atomic E-state index is 5.58. The van der Waals surface area contributed by atoms with Crippen LogP contribution in [0.25, 0.3) is 0 Å². The summed E-state index contributed by atoms with van der Waals surface area (Å²) >= 11 is 0. The van der Waals surface area contributed by atoms with Crippen LogP contribution in [0.5, 0.6) is 0 Å². The lowest BCUT2D eigenvalue weighted by atomic mass is 9.72. The van der Waals surface area contributed by atoms with E-state index in [4.69, 9.17) is 9.47 Å². The van der Waals surface area contributed by atoms with Crippen LogP contribution in [0.4, 0.5) is 0 Å². The predicted molar refractivity (Wildman–Crippen MR) is 85.1 cm³/mol. The molecule has 3 nitrogen and oxygen atoms in total. The molecule has 0 aliphatic heterocycles. The largest absolute Gasteiger partial charge is 0.382 e. The molecule has 1 aliphatic rings. The van der Waals surface area contributed by atoms with Crippen molar-refractivity contribution in [3.8, 4) is 0 Å². The van der Waals surface area contributed by atoms with Gasteiger partial charge in [-0.05, 0) is 50.0 Å². The van der Waals surface area contributed by atoms with Gasteiger partial charge >= 0.3 is 0 Å². The second-order valence-corrected chi connectivity index (χ2v) is 6.75. The Balaban J connectivity index is 2.22.